The van der Waals surface area contributed by atoms with Gasteiger partial charge >= 0.3 is 0 Å². The van der Waals surface area contributed by atoms with E-state index in [-0.39, 0.29) is 0 Å². The average Bonchev–Trinajstić information content (AvgIpc) is 2.32. The molecule has 3 heteroatoms. The lowest BCUT2D eigenvalue weighted by atomic mass is 10.0. The average molecular weight is 172 g/mol. The number of rotatable bonds is 0. The molecule has 0 aromatic rings. The van der Waals surface area contributed by atoms with Crippen LogP contribution >= 0.6 is 11.8 Å². The van der Waals surface area contributed by atoms with Crippen LogP contribution in [0.25, 0.3) is 0 Å². The topological polar surface area (TPSA) is 24.1 Å². The molecular formula is C8H16N2S. The van der Waals surface area contributed by atoms with E-state index in [9.17, 15) is 0 Å². The third kappa shape index (κ3) is 1.71. The molecule has 2 heterocycles. The first-order valence-corrected chi connectivity index (χ1v) is 5.60. The van der Waals surface area contributed by atoms with Crippen molar-refractivity contribution in [1.82, 2.24) is 10.6 Å². The minimum Gasteiger partial charge on any atom is -0.315 e. The fraction of sp³-hybridized carbons (Fsp3) is 1.00. The predicted octanol–water partition coefficient (Wildman–Crippen LogP) is 0.445. The van der Waals surface area contributed by atoms with Crippen molar-refractivity contribution in [3.63, 3.8) is 0 Å². The van der Waals surface area contributed by atoms with Crippen LogP contribution in [0.2, 0.25) is 0 Å². The summed E-state index contributed by atoms with van der Waals surface area (Å²) in [4.78, 5) is 0. The highest BCUT2D eigenvalue weighted by molar-refractivity contribution is 7.99. The van der Waals surface area contributed by atoms with E-state index in [0.29, 0.717) is 5.54 Å². The molecule has 0 bridgehead atoms. The molecule has 0 aromatic carbocycles. The molecule has 0 radical (unpaired) electrons. The standard InChI is InChI=1S/C8H16N2S/c1-3-10-8(7-11-5-1)2-4-9-6-8/h9-10H,1-7H2. The zero-order chi connectivity index (χ0) is 7.57. The van der Waals surface area contributed by atoms with E-state index >= 15 is 0 Å². The normalized spacial score (nSPS) is 39.3. The van der Waals surface area contributed by atoms with E-state index in [1.165, 1.54) is 44.0 Å². The number of nitrogens with one attached hydrogen (secondary N) is 2. The maximum Gasteiger partial charge on any atom is 0.0409 e. The molecule has 0 aromatic heterocycles. The predicted molar refractivity (Wildman–Crippen MR) is 50.2 cm³/mol. The first-order chi connectivity index (χ1) is 5.41. The second kappa shape index (κ2) is 3.33. The molecule has 2 N–H and O–H groups in total. The van der Waals surface area contributed by atoms with Crippen molar-refractivity contribution in [2.75, 3.05) is 31.1 Å². The quantitative estimate of drug-likeness (QED) is 0.554. The molecule has 2 fully saturated rings. The summed E-state index contributed by atoms with van der Waals surface area (Å²) in [5.74, 6) is 2.65. The molecule has 1 spiro atoms. The summed E-state index contributed by atoms with van der Waals surface area (Å²) >= 11 is 2.11. The van der Waals surface area contributed by atoms with Gasteiger partial charge < -0.3 is 10.6 Å². The Morgan fingerprint density at radius 3 is 3.09 bits per heavy atom. The van der Waals surface area contributed by atoms with Crippen molar-refractivity contribution in [1.29, 1.82) is 0 Å². The SMILES string of the molecule is C1CNC2(CCNC2)CSC1. The molecule has 0 saturated carbocycles. The van der Waals surface area contributed by atoms with Gasteiger partial charge in [-0.05, 0) is 31.7 Å². The molecule has 1 unspecified atom stereocenters. The van der Waals surface area contributed by atoms with Crippen molar-refractivity contribution >= 4 is 11.8 Å². The van der Waals surface area contributed by atoms with Gasteiger partial charge in [-0.2, -0.15) is 11.8 Å². The van der Waals surface area contributed by atoms with Crippen molar-refractivity contribution in [3.8, 4) is 0 Å². The van der Waals surface area contributed by atoms with Gasteiger partial charge in [0.2, 0.25) is 0 Å². The highest BCUT2D eigenvalue weighted by Crippen LogP contribution is 2.23. The second-order valence-electron chi connectivity index (χ2n) is 3.54. The summed E-state index contributed by atoms with van der Waals surface area (Å²) in [7, 11) is 0. The highest BCUT2D eigenvalue weighted by atomic mass is 32.2. The van der Waals surface area contributed by atoms with Crippen molar-refractivity contribution in [2.45, 2.75) is 18.4 Å². The first-order valence-electron chi connectivity index (χ1n) is 4.45. The van der Waals surface area contributed by atoms with Gasteiger partial charge in [-0.1, -0.05) is 0 Å². The van der Waals surface area contributed by atoms with Gasteiger partial charge in [0.25, 0.3) is 0 Å². The lowest BCUT2D eigenvalue weighted by molar-refractivity contribution is 0.402. The second-order valence-corrected chi connectivity index (χ2v) is 4.65. The highest BCUT2D eigenvalue weighted by Gasteiger charge is 2.33. The summed E-state index contributed by atoms with van der Waals surface area (Å²) < 4.78 is 0. The zero-order valence-corrected chi connectivity index (χ0v) is 7.67. The molecular weight excluding hydrogens is 156 g/mol. The van der Waals surface area contributed by atoms with Crippen LogP contribution in [-0.4, -0.2) is 36.7 Å². The molecule has 2 aliphatic rings. The van der Waals surface area contributed by atoms with E-state index in [4.69, 9.17) is 0 Å². The molecule has 2 nitrogen and oxygen atoms in total. The van der Waals surface area contributed by atoms with E-state index in [1.54, 1.807) is 0 Å². The summed E-state index contributed by atoms with van der Waals surface area (Å²) in [5.41, 5.74) is 0.459. The van der Waals surface area contributed by atoms with Gasteiger partial charge in [-0.3, -0.25) is 0 Å². The molecule has 64 valence electrons. The smallest absolute Gasteiger partial charge is 0.0409 e. The van der Waals surface area contributed by atoms with Crippen molar-refractivity contribution in [3.05, 3.63) is 0 Å². The summed E-state index contributed by atoms with van der Waals surface area (Å²) in [5, 5.41) is 7.11. The number of hydrogen-bond acceptors (Lipinski definition) is 3. The molecule has 11 heavy (non-hydrogen) atoms. The van der Waals surface area contributed by atoms with Crippen molar-refractivity contribution < 1.29 is 0 Å². The molecule has 0 amide bonds. The van der Waals surface area contributed by atoms with Crippen LogP contribution in [-0.2, 0) is 0 Å². The van der Waals surface area contributed by atoms with Crippen molar-refractivity contribution in [2.24, 2.45) is 0 Å². The first kappa shape index (κ1) is 7.90. The Balaban J connectivity index is 1.97. The Labute approximate surface area is 72.5 Å². The maximum absolute atomic E-state index is 3.67. The van der Waals surface area contributed by atoms with Crippen LogP contribution in [0.3, 0.4) is 0 Å². The molecule has 0 aliphatic carbocycles. The Hall–Kier alpha value is 0.270. The number of thioether (sulfide) groups is 1. The van der Waals surface area contributed by atoms with Crippen LogP contribution in [0.1, 0.15) is 12.8 Å². The Morgan fingerprint density at radius 2 is 2.27 bits per heavy atom. The van der Waals surface area contributed by atoms with E-state index in [2.05, 4.69) is 22.4 Å². The zero-order valence-electron chi connectivity index (χ0n) is 6.86. The maximum atomic E-state index is 3.67. The largest absolute Gasteiger partial charge is 0.315 e. The van der Waals surface area contributed by atoms with Gasteiger partial charge in [-0.15, -0.1) is 0 Å². The molecule has 1 atom stereocenters. The molecule has 2 aliphatic heterocycles. The van der Waals surface area contributed by atoms with Gasteiger partial charge in [0.1, 0.15) is 0 Å². The minimum atomic E-state index is 0.459. The summed E-state index contributed by atoms with van der Waals surface area (Å²) in [6.07, 6.45) is 2.66. The van der Waals surface area contributed by atoms with Gasteiger partial charge in [-0.25, -0.2) is 0 Å². The summed E-state index contributed by atoms with van der Waals surface area (Å²) in [6.45, 7) is 3.60. The lowest BCUT2D eigenvalue weighted by Crippen LogP contribution is -2.48. The van der Waals surface area contributed by atoms with Gasteiger partial charge in [0.05, 0.1) is 0 Å². The fourth-order valence-corrected chi connectivity index (χ4v) is 3.10. The van der Waals surface area contributed by atoms with Gasteiger partial charge in [0.15, 0.2) is 0 Å². The van der Waals surface area contributed by atoms with E-state index < -0.39 is 0 Å². The lowest BCUT2D eigenvalue weighted by Gasteiger charge is -2.26. The van der Waals surface area contributed by atoms with E-state index in [0.717, 1.165) is 0 Å². The van der Waals surface area contributed by atoms with Crippen LogP contribution in [0.5, 0.6) is 0 Å². The molecule has 2 saturated heterocycles. The van der Waals surface area contributed by atoms with Crippen LogP contribution in [0.15, 0.2) is 0 Å². The van der Waals surface area contributed by atoms with Crippen LogP contribution < -0.4 is 10.6 Å². The Kier molecular flexibility index (Phi) is 2.39. The third-order valence-corrected chi connectivity index (χ3v) is 3.92. The Bertz CT molecular complexity index is 122. The van der Waals surface area contributed by atoms with E-state index in [1.807, 2.05) is 0 Å². The van der Waals surface area contributed by atoms with Crippen LogP contribution in [0.4, 0.5) is 0 Å². The Morgan fingerprint density at radius 1 is 1.27 bits per heavy atom. The number of hydrogen-bond donors (Lipinski definition) is 2. The molecule has 2 rings (SSSR count). The monoisotopic (exact) mass is 172 g/mol. The fourth-order valence-electron chi connectivity index (χ4n) is 1.86. The summed E-state index contributed by atoms with van der Waals surface area (Å²) in [6, 6.07) is 0. The van der Waals surface area contributed by atoms with Gasteiger partial charge in [0, 0.05) is 17.8 Å². The van der Waals surface area contributed by atoms with Crippen LogP contribution in [0, 0.1) is 0 Å². The third-order valence-electron chi connectivity index (χ3n) is 2.59. The minimum absolute atomic E-state index is 0.459.